The second-order valence-electron chi connectivity index (χ2n) is 10.1. The molecule has 5 rings (SSSR count). The zero-order chi connectivity index (χ0) is 25.1. The first-order valence-electron chi connectivity index (χ1n) is 13.1. The van der Waals surface area contributed by atoms with Crippen LogP contribution >= 0.6 is 0 Å². The van der Waals surface area contributed by atoms with Crippen LogP contribution in [0.1, 0.15) is 70.6 Å². The lowest BCUT2D eigenvalue weighted by Crippen LogP contribution is -2.37. The van der Waals surface area contributed by atoms with Crippen LogP contribution in [0.5, 0.6) is 0 Å². The Morgan fingerprint density at radius 1 is 1.06 bits per heavy atom. The topological polar surface area (TPSA) is 96.8 Å². The number of ether oxygens (including phenoxy) is 1. The van der Waals surface area contributed by atoms with E-state index in [0.717, 1.165) is 30.9 Å². The number of hydrogen-bond donors (Lipinski definition) is 1. The minimum Gasteiger partial charge on any atom is -0.469 e. The van der Waals surface area contributed by atoms with E-state index in [1.54, 1.807) is 0 Å². The number of carbonyl (C=O) groups is 3. The van der Waals surface area contributed by atoms with Gasteiger partial charge in [-0.05, 0) is 62.3 Å². The summed E-state index contributed by atoms with van der Waals surface area (Å²) in [5.74, 6) is -0.107. The molecule has 1 saturated carbocycles. The lowest BCUT2D eigenvalue weighted by Gasteiger charge is -2.30. The first kappa shape index (κ1) is 24.3. The van der Waals surface area contributed by atoms with Gasteiger partial charge in [0.15, 0.2) is 5.69 Å². The Morgan fingerprint density at radius 3 is 2.50 bits per heavy atom. The van der Waals surface area contributed by atoms with E-state index in [1.165, 1.54) is 44.9 Å². The fourth-order valence-electron chi connectivity index (χ4n) is 5.16. The first-order chi connectivity index (χ1) is 17.5. The van der Waals surface area contributed by atoms with Crippen LogP contribution in [0.15, 0.2) is 24.3 Å². The highest BCUT2D eigenvalue weighted by Crippen LogP contribution is 2.33. The molecule has 36 heavy (non-hydrogen) atoms. The molecule has 0 spiro atoms. The third-order valence-corrected chi connectivity index (χ3v) is 7.44. The van der Waals surface area contributed by atoms with E-state index in [9.17, 15) is 14.4 Å². The molecular weight excluding hydrogens is 458 g/mol. The molecule has 192 valence electrons. The molecular formula is C27H35N5O4. The lowest BCUT2D eigenvalue weighted by atomic mass is 10.0. The Balaban J connectivity index is 1.30. The number of carbonyl (C=O) groups excluding carboxylic acids is 3. The molecule has 0 unspecified atom stereocenters. The number of nitrogens with zero attached hydrogens (tertiary/aromatic N) is 4. The fourth-order valence-corrected chi connectivity index (χ4v) is 5.16. The lowest BCUT2D eigenvalue weighted by molar-refractivity contribution is -0.140. The first-order valence-corrected chi connectivity index (χ1v) is 13.1. The Morgan fingerprint density at radius 2 is 1.81 bits per heavy atom. The fraction of sp³-hybridized carbons (Fsp3) is 0.556. The van der Waals surface area contributed by atoms with Gasteiger partial charge < -0.3 is 19.9 Å². The third-order valence-electron chi connectivity index (χ3n) is 7.44. The maximum Gasteiger partial charge on any atom is 0.307 e. The van der Waals surface area contributed by atoms with E-state index < -0.39 is 0 Å². The molecule has 9 nitrogen and oxygen atoms in total. The van der Waals surface area contributed by atoms with Gasteiger partial charge in [-0.1, -0.05) is 0 Å². The van der Waals surface area contributed by atoms with Gasteiger partial charge in [-0.25, -0.2) is 0 Å². The quantitative estimate of drug-likeness (QED) is 0.568. The summed E-state index contributed by atoms with van der Waals surface area (Å²) in [5, 5.41) is 7.45. The Bertz CT molecular complexity index is 1120. The van der Waals surface area contributed by atoms with Gasteiger partial charge in [0, 0.05) is 61.7 Å². The van der Waals surface area contributed by atoms with Crippen LogP contribution < -0.4 is 10.2 Å². The Labute approximate surface area is 211 Å². The summed E-state index contributed by atoms with van der Waals surface area (Å²) >= 11 is 0. The van der Waals surface area contributed by atoms with Crippen molar-refractivity contribution in [2.45, 2.75) is 58.0 Å². The molecule has 3 heterocycles. The number of esters is 1. The number of rotatable bonds is 8. The van der Waals surface area contributed by atoms with E-state index in [4.69, 9.17) is 0 Å². The molecule has 0 radical (unpaired) electrons. The normalized spacial score (nSPS) is 17.5. The number of anilines is 1. The molecule has 2 fully saturated rings. The highest BCUT2D eigenvalue weighted by atomic mass is 16.5. The van der Waals surface area contributed by atoms with Gasteiger partial charge in [0.2, 0.25) is 0 Å². The summed E-state index contributed by atoms with van der Waals surface area (Å²) in [5.41, 5.74) is 4.04. The summed E-state index contributed by atoms with van der Waals surface area (Å²) in [4.78, 5) is 42.0. The van der Waals surface area contributed by atoms with Crippen LogP contribution in [0.25, 0.3) is 0 Å². The Hall–Kier alpha value is -3.36. The summed E-state index contributed by atoms with van der Waals surface area (Å²) in [6, 6.07) is 7.92. The number of hydrogen-bond acceptors (Lipinski definition) is 6. The molecule has 1 aromatic carbocycles. The van der Waals surface area contributed by atoms with Crippen LogP contribution in [0.4, 0.5) is 5.69 Å². The molecule has 0 bridgehead atoms. The minimum absolute atomic E-state index is 0.0298. The predicted octanol–water partition coefficient (Wildman–Crippen LogP) is 2.77. The van der Waals surface area contributed by atoms with Crippen molar-refractivity contribution < 1.29 is 19.1 Å². The van der Waals surface area contributed by atoms with Crippen molar-refractivity contribution in [2.75, 3.05) is 38.2 Å². The second-order valence-corrected chi connectivity index (χ2v) is 10.1. The number of piperidine rings is 1. The molecule has 2 aromatic rings. The number of benzene rings is 1. The van der Waals surface area contributed by atoms with E-state index >= 15 is 0 Å². The molecule has 9 heteroatoms. The van der Waals surface area contributed by atoms with E-state index in [2.05, 4.69) is 20.1 Å². The third kappa shape index (κ3) is 5.39. The van der Waals surface area contributed by atoms with Crippen LogP contribution in [0.3, 0.4) is 0 Å². The highest BCUT2D eigenvalue weighted by Gasteiger charge is 2.32. The maximum absolute atomic E-state index is 13.4. The van der Waals surface area contributed by atoms with Crippen molar-refractivity contribution in [3.63, 3.8) is 0 Å². The molecule has 1 aromatic heterocycles. The van der Waals surface area contributed by atoms with E-state index in [1.807, 2.05) is 33.8 Å². The minimum atomic E-state index is -0.375. The average molecular weight is 494 g/mol. The molecule has 3 aliphatic rings. The van der Waals surface area contributed by atoms with Crippen molar-refractivity contribution in [1.82, 2.24) is 20.0 Å². The molecule has 2 amide bonds. The molecule has 0 atom stereocenters. The monoisotopic (exact) mass is 493 g/mol. The molecule has 1 saturated heterocycles. The SMILES string of the molecule is COC(=O)CCNC(=O)c1nn(CC2CC2)c2c1CN(C(=O)c1ccc(N3CCCCC3)cc1)CC2. The van der Waals surface area contributed by atoms with Crippen molar-refractivity contribution in [3.8, 4) is 0 Å². The summed E-state index contributed by atoms with van der Waals surface area (Å²) < 4.78 is 6.62. The number of fused-ring (bicyclic) bond motifs is 1. The van der Waals surface area contributed by atoms with E-state index in [-0.39, 0.29) is 30.7 Å². The van der Waals surface area contributed by atoms with Gasteiger partial charge >= 0.3 is 5.97 Å². The van der Waals surface area contributed by atoms with Crippen LogP contribution in [0.2, 0.25) is 0 Å². The standard InChI is InChI=1S/C27H35N5O4/c1-36-24(33)11-13-28-26(34)25-22-18-31(16-12-23(22)32(29-25)17-19-5-6-19)27(35)20-7-9-21(10-8-20)30-14-3-2-4-15-30/h7-10,19H,2-6,11-18H2,1H3,(H,28,34). The predicted molar refractivity (Wildman–Crippen MR) is 135 cm³/mol. The van der Waals surface area contributed by atoms with Crippen molar-refractivity contribution in [2.24, 2.45) is 5.92 Å². The van der Waals surface area contributed by atoms with Gasteiger partial charge in [0.05, 0.1) is 20.1 Å². The van der Waals surface area contributed by atoms with Gasteiger partial charge in [-0.3, -0.25) is 19.1 Å². The van der Waals surface area contributed by atoms with Crippen molar-refractivity contribution in [3.05, 3.63) is 46.8 Å². The van der Waals surface area contributed by atoms with Gasteiger partial charge in [-0.15, -0.1) is 0 Å². The maximum atomic E-state index is 13.4. The average Bonchev–Trinajstić information content (AvgIpc) is 3.67. The van der Waals surface area contributed by atoms with Crippen molar-refractivity contribution >= 4 is 23.5 Å². The van der Waals surface area contributed by atoms with Crippen molar-refractivity contribution in [1.29, 1.82) is 0 Å². The largest absolute Gasteiger partial charge is 0.469 e. The van der Waals surface area contributed by atoms with Gasteiger partial charge in [0.25, 0.3) is 11.8 Å². The number of aromatic nitrogens is 2. The van der Waals surface area contributed by atoms with Gasteiger partial charge in [0.1, 0.15) is 0 Å². The summed E-state index contributed by atoms with van der Waals surface area (Å²) in [6.07, 6.45) is 6.86. The number of nitrogens with one attached hydrogen (secondary N) is 1. The molecule has 1 aliphatic carbocycles. The van der Waals surface area contributed by atoms with E-state index in [0.29, 0.717) is 36.7 Å². The number of methoxy groups -OCH3 is 1. The van der Waals surface area contributed by atoms with Crippen LogP contribution in [0, 0.1) is 5.92 Å². The van der Waals surface area contributed by atoms with Crippen LogP contribution in [-0.4, -0.2) is 65.8 Å². The Kier molecular flexibility index (Phi) is 7.25. The molecule has 1 N–H and O–H groups in total. The van der Waals surface area contributed by atoms with Gasteiger partial charge in [-0.2, -0.15) is 5.10 Å². The zero-order valence-corrected chi connectivity index (χ0v) is 21.0. The number of amides is 2. The summed E-state index contributed by atoms with van der Waals surface area (Å²) in [6.45, 7) is 4.08. The summed E-state index contributed by atoms with van der Waals surface area (Å²) in [7, 11) is 1.33. The smallest absolute Gasteiger partial charge is 0.307 e. The zero-order valence-electron chi connectivity index (χ0n) is 21.0. The van der Waals surface area contributed by atoms with Crippen LogP contribution in [-0.2, 0) is 29.0 Å². The highest BCUT2D eigenvalue weighted by molar-refractivity contribution is 5.96. The second kappa shape index (κ2) is 10.7. The molecule has 2 aliphatic heterocycles.